The Balaban J connectivity index is 1.85. The summed E-state index contributed by atoms with van der Waals surface area (Å²) in [6.07, 6.45) is 1.22. The number of ether oxygens (including phenoxy) is 1. The molecule has 0 amide bonds. The summed E-state index contributed by atoms with van der Waals surface area (Å²) in [5, 5.41) is 0. The largest absolute Gasteiger partial charge is 0.454 e. The lowest BCUT2D eigenvalue weighted by Gasteiger charge is -2.08. The molecule has 0 spiro atoms. The van der Waals surface area contributed by atoms with Crippen molar-refractivity contribution in [3.8, 4) is 11.5 Å². The number of rotatable bonds is 4. The van der Waals surface area contributed by atoms with E-state index in [-0.39, 0.29) is 23.7 Å². The minimum atomic E-state index is -3.51. The van der Waals surface area contributed by atoms with Crippen LogP contribution in [0.5, 0.6) is 11.5 Å². The first-order valence-corrected chi connectivity index (χ1v) is 8.89. The molecule has 1 aliphatic rings. The van der Waals surface area contributed by atoms with Crippen LogP contribution in [-0.4, -0.2) is 26.5 Å². The van der Waals surface area contributed by atoms with Crippen LogP contribution in [0.2, 0.25) is 0 Å². The van der Waals surface area contributed by atoms with Crippen molar-refractivity contribution in [2.24, 2.45) is 0 Å². The summed E-state index contributed by atoms with van der Waals surface area (Å²) in [6.45, 7) is 0. The lowest BCUT2D eigenvalue weighted by Crippen LogP contribution is -2.38. The van der Waals surface area contributed by atoms with Crippen LogP contribution in [0.3, 0.4) is 0 Å². The molecule has 0 bridgehead atoms. The van der Waals surface area contributed by atoms with Gasteiger partial charge in [0.25, 0.3) is 0 Å². The normalized spacial score (nSPS) is 17.0. The van der Waals surface area contributed by atoms with Gasteiger partial charge >= 0.3 is 0 Å². The zero-order valence-corrected chi connectivity index (χ0v) is 13.4. The number of fused-ring (bicyclic) bond motifs is 1. The first-order chi connectivity index (χ1) is 11.2. The molecule has 1 N–H and O–H groups in total. The fourth-order valence-electron chi connectivity index (χ4n) is 2.57. The molecule has 126 valence electrons. The summed E-state index contributed by atoms with van der Waals surface area (Å²) >= 11 is 0. The predicted octanol–water partition coefficient (Wildman–Crippen LogP) is 2.41. The van der Waals surface area contributed by atoms with Gasteiger partial charge in [-0.05, 0) is 36.2 Å². The highest BCUT2D eigenvalue weighted by molar-refractivity contribution is 7.88. The van der Waals surface area contributed by atoms with E-state index in [4.69, 9.17) is 4.74 Å². The van der Waals surface area contributed by atoms with E-state index in [1.54, 1.807) is 6.07 Å². The maximum atomic E-state index is 13.6. The molecule has 8 heteroatoms. The standard InChI is InChI=1S/C16H13F2NO4S/c1-24(21,22)19-14-6-9-2-4-11(8-12(9)16(14)20)23-15-5-3-10(17)7-13(15)18/h2-5,7-8,14,19H,6H2,1H3. The van der Waals surface area contributed by atoms with Gasteiger partial charge in [-0.15, -0.1) is 0 Å². The maximum absolute atomic E-state index is 13.6. The zero-order chi connectivity index (χ0) is 17.5. The van der Waals surface area contributed by atoms with Crippen molar-refractivity contribution in [1.29, 1.82) is 0 Å². The number of carbonyl (C=O) groups is 1. The molecular formula is C16H13F2NO4S. The Kier molecular flexibility index (Phi) is 4.10. The number of Topliss-reactive ketones (excluding diaryl/α,β-unsaturated/α-hetero) is 1. The zero-order valence-electron chi connectivity index (χ0n) is 12.5. The van der Waals surface area contributed by atoms with Crippen LogP contribution < -0.4 is 9.46 Å². The fraction of sp³-hybridized carbons (Fsp3) is 0.188. The van der Waals surface area contributed by atoms with Gasteiger partial charge in [-0.1, -0.05) is 6.07 Å². The highest BCUT2D eigenvalue weighted by Gasteiger charge is 2.32. The molecule has 0 fully saturated rings. The first kappa shape index (κ1) is 16.5. The second-order valence-corrected chi connectivity index (χ2v) is 7.29. The third-order valence-corrected chi connectivity index (χ3v) is 4.28. The van der Waals surface area contributed by atoms with Crippen LogP contribution >= 0.6 is 0 Å². The molecule has 0 aliphatic heterocycles. The number of halogens is 2. The third kappa shape index (κ3) is 3.44. The number of ketones is 1. The average Bonchev–Trinajstić information content (AvgIpc) is 2.77. The Morgan fingerprint density at radius 1 is 1.17 bits per heavy atom. The van der Waals surface area contributed by atoms with E-state index in [0.717, 1.165) is 18.4 Å². The van der Waals surface area contributed by atoms with Crippen molar-refractivity contribution in [1.82, 2.24) is 4.72 Å². The van der Waals surface area contributed by atoms with Gasteiger partial charge in [-0.3, -0.25) is 4.79 Å². The number of hydrogen-bond donors (Lipinski definition) is 1. The van der Waals surface area contributed by atoms with Crippen LogP contribution in [0.25, 0.3) is 0 Å². The van der Waals surface area contributed by atoms with Crippen LogP contribution in [0.1, 0.15) is 15.9 Å². The highest BCUT2D eigenvalue weighted by Crippen LogP contribution is 2.30. The number of nitrogens with one attached hydrogen (secondary N) is 1. The smallest absolute Gasteiger partial charge is 0.209 e. The summed E-state index contributed by atoms with van der Waals surface area (Å²) < 4.78 is 56.7. The third-order valence-electron chi connectivity index (χ3n) is 3.57. The molecule has 24 heavy (non-hydrogen) atoms. The summed E-state index contributed by atoms with van der Waals surface area (Å²) in [5.74, 6) is -1.93. The molecule has 1 aliphatic carbocycles. The molecule has 0 heterocycles. The summed E-state index contributed by atoms with van der Waals surface area (Å²) in [5.41, 5.74) is 0.990. The highest BCUT2D eigenvalue weighted by atomic mass is 32.2. The van der Waals surface area contributed by atoms with Crippen LogP contribution in [-0.2, 0) is 16.4 Å². The second kappa shape index (κ2) is 5.95. The fourth-order valence-corrected chi connectivity index (χ4v) is 3.27. The molecule has 5 nitrogen and oxygen atoms in total. The Morgan fingerprint density at radius 3 is 2.58 bits per heavy atom. The first-order valence-electron chi connectivity index (χ1n) is 7.00. The number of sulfonamides is 1. The van der Waals surface area contributed by atoms with E-state index >= 15 is 0 Å². The number of carbonyl (C=O) groups excluding carboxylic acids is 1. The van der Waals surface area contributed by atoms with Crippen molar-refractivity contribution < 1.29 is 26.7 Å². The van der Waals surface area contributed by atoms with Gasteiger partial charge in [-0.25, -0.2) is 21.9 Å². The van der Waals surface area contributed by atoms with E-state index in [0.29, 0.717) is 17.2 Å². The molecule has 2 aromatic rings. The molecule has 3 rings (SSSR count). The summed E-state index contributed by atoms with van der Waals surface area (Å²) in [4.78, 5) is 12.3. The monoisotopic (exact) mass is 353 g/mol. The van der Waals surface area contributed by atoms with Gasteiger partial charge in [0.15, 0.2) is 17.3 Å². The van der Waals surface area contributed by atoms with Crippen molar-refractivity contribution in [3.05, 3.63) is 59.2 Å². The van der Waals surface area contributed by atoms with E-state index in [1.807, 2.05) is 0 Å². The quantitative estimate of drug-likeness (QED) is 0.916. The average molecular weight is 353 g/mol. The molecule has 0 radical (unpaired) electrons. The maximum Gasteiger partial charge on any atom is 0.209 e. The minimum absolute atomic E-state index is 0.174. The molecular weight excluding hydrogens is 340 g/mol. The van der Waals surface area contributed by atoms with Crippen molar-refractivity contribution >= 4 is 15.8 Å². The Morgan fingerprint density at radius 2 is 1.92 bits per heavy atom. The Bertz CT molecular complexity index is 928. The molecule has 0 saturated carbocycles. The Labute approximate surface area is 137 Å². The van der Waals surface area contributed by atoms with Gasteiger partial charge in [-0.2, -0.15) is 0 Å². The summed E-state index contributed by atoms with van der Waals surface area (Å²) in [6, 6.07) is 6.63. The van der Waals surface area contributed by atoms with Crippen LogP contribution in [0, 0.1) is 11.6 Å². The van der Waals surface area contributed by atoms with Crippen molar-refractivity contribution in [3.63, 3.8) is 0 Å². The summed E-state index contributed by atoms with van der Waals surface area (Å²) in [7, 11) is -3.51. The van der Waals surface area contributed by atoms with Gasteiger partial charge in [0.2, 0.25) is 10.0 Å². The molecule has 0 saturated heterocycles. The van der Waals surface area contributed by atoms with Gasteiger partial charge in [0.05, 0.1) is 12.3 Å². The van der Waals surface area contributed by atoms with Crippen molar-refractivity contribution in [2.45, 2.75) is 12.5 Å². The van der Waals surface area contributed by atoms with Gasteiger partial charge < -0.3 is 4.74 Å². The minimum Gasteiger partial charge on any atom is -0.454 e. The number of hydrogen-bond acceptors (Lipinski definition) is 4. The van der Waals surface area contributed by atoms with E-state index in [1.165, 1.54) is 12.1 Å². The van der Waals surface area contributed by atoms with Gasteiger partial charge in [0.1, 0.15) is 11.6 Å². The SMILES string of the molecule is CS(=O)(=O)NC1Cc2ccc(Oc3ccc(F)cc3F)cc2C1=O. The molecule has 1 atom stereocenters. The van der Waals surface area contributed by atoms with Crippen LogP contribution in [0.15, 0.2) is 36.4 Å². The Hall–Kier alpha value is -2.32. The van der Waals surface area contributed by atoms with E-state index in [9.17, 15) is 22.0 Å². The molecule has 0 aromatic heterocycles. The molecule has 1 unspecified atom stereocenters. The molecule has 2 aromatic carbocycles. The van der Waals surface area contributed by atoms with Crippen molar-refractivity contribution in [2.75, 3.05) is 6.26 Å². The number of benzene rings is 2. The van der Waals surface area contributed by atoms with Crippen LogP contribution in [0.4, 0.5) is 8.78 Å². The van der Waals surface area contributed by atoms with E-state index < -0.39 is 27.7 Å². The predicted molar refractivity (Wildman–Crippen MR) is 82.7 cm³/mol. The van der Waals surface area contributed by atoms with E-state index in [2.05, 4.69) is 4.72 Å². The lowest BCUT2D eigenvalue weighted by atomic mass is 10.1. The lowest BCUT2D eigenvalue weighted by molar-refractivity contribution is 0.0967. The second-order valence-electron chi connectivity index (χ2n) is 5.51. The van der Waals surface area contributed by atoms with Gasteiger partial charge in [0, 0.05) is 11.6 Å². The topological polar surface area (TPSA) is 72.5 Å².